The summed E-state index contributed by atoms with van der Waals surface area (Å²) >= 11 is 0. The maximum absolute atomic E-state index is 11.0. The minimum atomic E-state index is -3.42. The smallest absolute Gasteiger partial charge is 0.306 e. The van der Waals surface area contributed by atoms with Crippen LogP contribution in [0.1, 0.15) is 51.0 Å². The summed E-state index contributed by atoms with van der Waals surface area (Å²) in [7, 11) is -3.42. The highest BCUT2D eigenvalue weighted by molar-refractivity contribution is 7.86. The molecule has 0 N–H and O–H groups in total. The molecule has 0 saturated heterocycles. The summed E-state index contributed by atoms with van der Waals surface area (Å²) in [6.07, 6.45) is 9.81. The van der Waals surface area contributed by atoms with E-state index in [0.717, 1.165) is 12.7 Å². The van der Waals surface area contributed by atoms with Crippen molar-refractivity contribution in [1.29, 1.82) is 0 Å². The van der Waals surface area contributed by atoms with Gasteiger partial charge in [-0.1, -0.05) is 51.2 Å². The minimum absolute atomic E-state index is 0.384. The summed E-state index contributed by atoms with van der Waals surface area (Å²) in [5, 5.41) is 0. The zero-order valence-electron chi connectivity index (χ0n) is 11.9. The number of rotatable bonds is 9. The SMILES string of the molecule is CCCCCCCCc1ccc(OS(C)(=O)=O)cc1. The molecule has 19 heavy (non-hydrogen) atoms. The lowest BCUT2D eigenvalue weighted by Gasteiger charge is -2.05. The highest BCUT2D eigenvalue weighted by Gasteiger charge is 2.03. The Bertz CT molecular complexity index is 449. The van der Waals surface area contributed by atoms with Gasteiger partial charge in [0.25, 0.3) is 0 Å². The molecule has 0 aromatic heterocycles. The molecule has 0 aliphatic rings. The lowest BCUT2D eigenvalue weighted by Crippen LogP contribution is -2.05. The molecule has 0 aliphatic carbocycles. The van der Waals surface area contributed by atoms with Crippen molar-refractivity contribution in [2.45, 2.75) is 51.9 Å². The summed E-state index contributed by atoms with van der Waals surface area (Å²) in [5.41, 5.74) is 1.23. The number of aryl methyl sites for hydroxylation is 1. The Hall–Kier alpha value is -1.03. The van der Waals surface area contributed by atoms with E-state index < -0.39 is 10.1 Å². The van der Waals surface area contributed by atoms with Crippen LogP contribution in [-0.4, -0.2) is 14.7 Å². The van der Waals surface area contributed by atoms with Crippen LogP contribution in [0.2, 0.25) is 0 Å². The first-order chi connectivity index (χ1) is 9.01. The van der Waals surface area contributed by atoms with Gasteiger partial charge in [0.2, 0.25) is 0 Å². The Morgan fingerprint density at radius 3 is 2.11 bits per heavy atom. The van der Waals surface area contributed by atoms with Crippen LogP contribution >= 0.6 is 0 Å². The second-order valence-electron chi connectivity index (χ2n) is 4.95. The van der Waals surface area contributed by atoms with Gasteiger partial charge in [-0.15, -0.1) is 0 Å². The Labute approximate surface area is 117 Å². The van der Waals surface area contributed by atoms with Gasteiger partial charge < -0.3 is 4.18 Å². The van der Waals surface area contributed by atoms with Gasteiger partial charge >= 0.3 is 10.1 Å². The zero-order chi connectivity index (χ0) is 14.1. The van der Waals surface area contributed by atoms with Crippen molar-refractivity contribution in [2.24, 2.45) is 0 Å². The molecule has 0 fully saturated rings. The molecule has 3 nitrogen and oxygen atoms in total. The van der Waals surface area contributed by atoms with Gasteiger partial charge in [0.05, 0.1) is 6.26 Å². The van der Waals surface area contributed by atoms with Crippen LogP contribution in [0.3, 0.4) is 0 Å². The fraction of sp³-hybridized carbons (Fsp3) is 0.600. The third kappa shape index (κ3) is 7.88. The van der Waals surface area contributed by atoms with Crippen molar-refractivity contribution in [3.05, 3.63) is 29.8 Å². The van der Waals surface area contributed by atoms with Gasteiger partial charge in [-0.05, 0) is 30.5 Å². The van der Waals surface area contributed by atoms with Crippen molar-refractivity contribution in [1.82, 2.24) is 0 Å². The third-order valence-electron chi connectivity index (χ3n) is 2.99. The Morgan fingerprint density at radius 1 is 0.947 bits per heavy atom. The van der Waals surface area contributed by atoms with Crippen molar-refractivity contribution in [2.75, 3.05) is 6.26 Å². The highest BCUT2D eigenvalue weighted by Crippen LogP contribution is 2.16. The van der Waals surface area contributed by atoms with E-state index in [9.17, 15) is 8.42 Å². The van der Waals surface area contributed by atoms with E-state index >= 15 is 0 Å². The summed E-state index contributed by atoms with van der Waals surface area (Å²) in [6.45, 7) is 2.22. The lowest BCUT2D eigenvalue weighted by atomic mass is 10.1. The maximum atomic E-state index is 11.0. The number of benzene rings is 1. The van der Waals surface area contributed by atoms with E-state index in [2.05, 4.69) is 6.92 Å². The average Bonchev–Trinajstić information content (AvgIpc) is 2.34. The molecule has 1 aromatic carbocycles. The second-order valence-corrected chi connectivity index (χ2v) is 6.52. The number of unbranched alkanes of at least 4 members (excludes halogenated alkanes) is 5. The Balaban J connectivity index is 2.28. The third-order valence-corrected chi connectivity index (χ3v) is 3.49. The van der Waals surface area contributed by atoms with Gasteiger partial charge in [0, 0.05) is 0 Å². The molecule has 0 heterocycles. The van der Waals surface area contributed by atoms with Gasteiger partial charge in [-0.3, -0.25) is 0 Å². The van der Waals surface area contributed by atoms with Crippen LogP contribution in [0, 0.1) is 0 Å². The van der Waals surface area contributed by atoms with Gasteiger partial charge in [0.15, 0.2) is 0 Å². The lowest BCUT2D eigenvalue weighted by molar-refractivity contribution is 0.493. The first kappa shape index (κ1) is 16.0. The molecule has 0 amide bonds. The van der Waals surface area contributed by atoms with Crippen molar-refractivity contribution >= 4 is 10.1 Å². The van der Waals surface area contributed by atoms with Crippen LogP contribution in [0.15, 0.2) is 24.3 Å². The fourth-order valence-electron chi connectivity index (χ4n) is 2.00. The predicted molar refractivity (Wildman–Crippen MR) is 79.0 cm³/mol. The van der Waals surface area contributed by atoms with E-state index in [4.69, 9.17) is 4.18 Å². The van der Waals surface area contributed by atoms with E-state index in [0.29, 0.717) is 5.75 Å². The summed E-state index contributed by atoms with van der Waals surface area (Å²) in [4.78, 5) is 0. The Morgan fingerprint density at radius 2 is 1.53 bits per heavy atom. The Kier molecular flexibility index (Phi) is 6.92. The largest absolute Gasteiger partial charge is 0.383 e. The molecular formula is C15H24O3S. The minimum Gasteiger partial charge on any atom is -0.383 e. The number of hydrogen-bond acceptors (Lipinski definition) is 3. The van der Waals surface area contributed by atoms with Crippen molar-refractivity contribution in [3.8, 4) is 5.75 Å². The van der Waals surface area contributed by atoms with Crippen LogP contribution in [-0.2, 0) is 16.5 Å². The van der Waals surface area contributed by atoms with E-state index in [1.165, 1.54) is 44.1 Å². The predicted octanol–water partition coefficient (Wildman–Crippen LogP) is 3.93. The summed E-state index contributed by atoms with van der Waals surface area (Å²) in [6, 6.07) is 7.31. The molecule has 0 radical (unpaired) electrons. The molecule has 0 unspecified atom stereocenters. The normalized spacial score (nSPS) is 11.5. The first-order valence-corrected chi connectivity index (χ1v) is 8.81. The van der Waals surface area contributed by atoms with Crippen LogP contribution in [0.25, 0.3) is 0 Å². The summed E-state index contributed by atoms with van der Waals surface area (Å²) < 4.78 is 26.7. The monoisotopic (exact) mass is 284 g/mol. The highest BCUT2D eigenvalue weighted by atomic mass is 32.2. The van der Waals surface area contributed by atoms with E-state index in [1.54, 1.807) is 12.1 Å². The molecule has 0 atom stereocenters. The molecule has 108 valence electrons. The molecule has 0 spiro atoms. The quantitative estimate of drug-likeness (QED) is 0.510. The van der Waals surface area contributed by atoms with Gasteiger partial charge in [-0.2, -0.15) is 8.42 Å². The maximum Gasteiger partial charge on any atom is 0.306 e. The molecule has 0 saturated carbocycles. The molecule has 4 heteroatoms. The molecular weight excluding hydrogens is 260 g/mol. The molecule has 0 aliphatic heterocycles. The molecule has 1 aromatic rings. The summed E-state index contributed by atoms with van der Waals surface area (Å²) in [5.74, 6) is 0.384. The first-order valence-electron chi connectivity index (χ1n) is 6.99. The van der Waals surface area contributed by atoms with Gasteiger partial charge in [-0.25, -0.2) is 0 Å². The topological polar surface area (TPSA) is 43.4 Å². The van der Waals surface area contributed by atoms with E-state index in [1.807, 2.05) is 12.1 Å². The van der Waals surface area contributed by atoms with E-state index in [-0.39, 0.29) is 0 Å². The van der Waals surface area contributed by atoms with Crippen molar-refractivity contribution < 1.29 is 12.6 Å². The second kappa shape index (κ2) is 8.20. The van der Waals surface area contributed by atoms with Crippen LogP contribution in [0.5, 0.6) is 5.75 Å². The van der Waals surface area contributed by atoms with Crippen molar-refractivity contribution in [3.63, 3.8) is 0 Å². The van der Waals surface area contributed by atoms with Crippen LogP contribution in [0.4, 0.5) is 0 Å². The number of hydrogen-bond donors (Lipinski definition) is 0. The standard InChI is InChI=1S/C15H24O3S/c1-3-4-5-6-7-8-9-14-10-12-15(13-11-14)18-19(2,16)17/h10-13H,3-9H2,1-2H3. The average molecular weight is 284 g/mol. The van der Waals surface area contributed by atoms with Gasteiger partial charge in [0.1, 0.15) is 5.75 Å². The fourth-order valence-corrected chi connectivity index (χ4v) is 2.46. The van der Waals surface area contributed by atoms with Crippen LogP contribution < -0.4 is 4.18 Å². The molecule has 0 bridgehead atoms. The molecule has 1 rings (SSSR count). The zero-order valence-corrected chi connectivity index (χ0v) is 12.7.